The summed E-state index contributed by atoms with van der Waals surface area (Å²) in [4.78, 5) is 8.62. The third-order valence-electron chi connectivity index (χ3n) is 3.47. The number of nitrogens with zero attached hydrogens (tertiary/aromatic N) is 2. The fourth-order valence-corrected chi connectivity index (χ4v) is 2.30. The van der Waals surface area contributed by atoms with Crippen LogP contribution < -0.4 is 4.74 Å². The summed E-state index contributed by atoms with van der Waals surface area (Å²) in [6.07, 6.45) is -2.95. The fourth-order valence-electron chi connectivity index (χ4n) is 2.30. The molecule has 0 radical (unpaired) electrons. The molecule has 0 aliphatic heterocycles. The van der Waals surface area contributed by atoms with Gasteiger partial charge in [-0.2, -0.15) is 13.2 Å². The van der Waals surface area contributed by atoms with Gasteiger partial charge in [-0.3, -0.25) is 0 Å². The summed E-state index contributed by atoms with van der Waals surface area (Å²) in [6.45, 7) is 0. The van der Waals surface area contributed by atoms with Crippen molar-refractivity contribution < 1.29 is 17.9 Å². The zero-order valence-electron chi connectivity index (χ0n) is 12.7. The van der Waals surface area contributed by atoms with Crippen LogP contribution in [0.15, 0.2) is 60.8 Å². The van der Waals surface area contributed by atoms with E-state index in [1.54, 1.807) is 6.07 Å². The number of hydrogen-bond donors (Lipinski definition) is 0. The Balaban J connectivity index is 2.13. The molecule has 0 amide bonds. The lowest BCUT2D eigenvalue weighted by Crippen LogP contribution is -2.05. The standard InChI is InChI=1S/C18H13F3N2O/c1-24-15-11-22-17(12-6-3-2-4-7-12)23-16(15)13-8-5-9-14(10-13)18(19,20)21/h2-11H,1H3. The molecule has 1 heterocycles. The molecule has 122 valence electrons. The van der Waals surface area contributed by atoms with Crippen LogP contribution in [0, 0.1) is 0 Å². The Morgan fingerprint density at radius 3 is 2.29 bits per heavy atom. The normalized spacial score (nSPS) is 11.3. The van der Waals surface area contributed by atoms with Gasteiger partial charge in [-0.25, -0.2) is 9.97 Å². The molecule has 3 rings (SSSR count). The first-order valence-electron chi connectivity index (χ1n) is 7.13. The van der Waals surface area contributed by atoms with Gasteiger partial charge >= 0.3 is 6.18 Å². The molecule has 3 nitrogen and oxygen atoms in total. The Labute approximate surface area is 136 Å². The lowest BCUT2D eigenvalue weighted by atomic mass is 10.1. The molecule has 0 aliphatic carbocycles. The molecule has 24 heavy (non-hydrogen) atoms. The smallest absolute Gasteiger partial charge is 0.416 e. The molecule has 0 aliphatic rings. The lowest BCUT2D eigenvalue weighted by molar-refractivity contribution is -0.137. The van der Waals surface area contributed by atoms with Crippen molar-refractivity contribution in [3.05, 3.63) is 66.4 Å². The predicted molar refractivity (Wildman–Crippen MR) is 84.5 cm³/mol. The second-order valence-electron chi connectivity index (χ2n) is 5.06. The van der Waals surface area contributed by atoms with Gasteiger partial charge in [0.05, 0.1) is 18.9 Å². The molecule has 6 heteroatoms. The second kappa shape index (κ2) is 6.31. The highest BCUT2D eigenvalue weighted by atomic mass is 19.4. The van der Waals surface area contributed by atoms with Crippen molar-refractivity contribution in [2.75, 3.05) is 7.11 Å². The molecule has 0 saturated heterocycles. The number of alkyl halides is 3. The lowest BCUT2D eigenvalue weighted by Gasteiger charge is -2.12. The fraction of sp³-hybridized carbons (Fsp3) is 0.111. The molecule has 0 unspecified atom stereocenters. The van der Waals surface area contributed by atoms with Crippen molar-refractivity contribution >= 4 is 0 Å². The van der Waals surface area contributed by atoms with Crippen LogP contribution >= 0.6 is 0 Å². The van der Waals surface area contributed by atoms with E-state index in [-0.39, 0.29) is 0 Å². The third kappa shape index (κ3) is 3.22. The average Bonchev–Trinajstić information content (AvgIpc) is 2.61. The molecule has 0 N–H and O–H groups in total. The van der Waals surface area contributed by atoms with Crippen molar-refractivity contribution in [3.8, 4) is 28.4 Å². The van der Waals surface area contributed by atoms with Gasteiger partial charge in [0.1, 0.15) is 5.69 Å². The number of benzene rings is 2. The number of ether oxygens (including phenoxy) is 1. The minimum absolute atomic E-state index is 0.314. The highest BCUT2D eigenvalue weighted by Crippen LogP contribution is 2.34. The summed E-state index contributed by atoms with van der Waals surface area (Å²) in [6, 6.07) is 14.2. The van der Waals surface area contributed by atoms with Crippen LogP contribution in [0.5, 0.6) is 5.75 Å². The molecule has 0 fully saturated rings. The van der Waals surface area contributed by atoms with Gasteiger partial charge < -0.3 is 4.74 Å². The second-order valence-corrected chi connectivity index (χ2v) is 5.06. The van der Waals surface area contributed by atoms with Crippen LogP contribution in [0.3, 0.4) is 0 Å². The van der Waals surface area contributed by atoms with E-state index in [9.17, 15) is 13.2 Å². The van der Waals surface area contributed by atoms with Crippen molar-refractivity contribution in [1.82, 2.24) is 9.97 Å². The summed E-state index contributed by atoms with van der Waals surface area (Å²) in [5.74, 6) is 0.734. The van der Waals surface area contributed by atoms with Crippen molar-refractivity contribution in [2.24, 2.45) is 0 Å². The first-order valence-corrected chi connectivity index (χ1v) is 7.13. The Bertz CT molecular complexity index is 848. The van der Waals surface area contributed by atoms with Gasteiger partial charge in [0.2, 0.25) is 0 Å². The van der Waals surface area contributed by atoms with E-state index in [2.05, 4.69) is 9.97 Å². The van der Waals surface area contributed by atoms with Crippen LogP contribution in [-0.2, 0) is 6.18 Å². The molecule has 0 atom stereocenters. The topological polar surface area (TPSA) is 35.0 Å². The summed E-state index contributed by atoms with van der Waals surface area (Å²) < 4.78 is 44.0. The van der Waals surface area contributed by atoms with Gasteiger partial charge in [0, 0.05) is 11.1 Å². The molecular formula is C18H13F3N2O. The van der Waals surface area contributed by atoms with Crippen LogP contribution in [0.1, 0.15) is 5.56 Å². The van der Waals surface area contributed by atoms with E-state index >= 15 is 0 Å². The minimum atomic E-state index is -4.42. The van der Waals surface area contributed by atoms with Crippen molar-refractivity contribution in [3.63, 3.8) is 0 Å². The monoisotopic (exact) mass is 330 g/mol. The zero-order valence-corrected chi connectivity index (χ0v) is 12.7. The van der Waals surface area contributed by atoms with Gasteiger partial charge in [0.25, 0.3) is 0 Å². The molecule has 0 saturated carbocycles. The van der Waals surface area contributed by atoms with Crippen LogP contribution in [0.4, 0.5) is 13.2 Å². The van der Waals surface area contributed by atoms with E-state index in [0.29, 0.717) is 22.8 Å². The summed E-state index contributed by atoms with van der Waals surface area (Å²) in [5.41, 5.74) is 0.675. The number of rotatable bonds is 3. The Kier molecular flexibility index (Phi) is 4.20. The largest absolute Gasteiger partial charge is 0.493 e. The quantitative estimate of drug-likeness (QED) is 0.689. The number of methoxy groups -OCH3 is 1. The number of aromatic nitrogens is 2. The molecule has 0 spiro atoms. The third-order valence-corrected chi connectivity index (χ3v) is 3.47. The Morgan fingerprint density at radius 1 is 0.917 bits per heavy atom. The van der Waals surface area contributed by atoms with Crippen LogP contribution in [0.2, 0.25) is 0 Å². The predicted octanol–water partition coefficient (Wildman–Crippen LogP) is 4.84. The van der Waals surface area contributed by atoms with Gasteiger partial charge in [-0.1, -0.05) is 42.5 Å². The first kappa shape index (κ1) is 16.0. The Morgan fingerprint density at radius 2 is 1.62 bits per heavy atom. The summed E-state index contributed by atoms with van der Waals surface area (Å²) in [5, 5.41) is 0. The molecule has 0 bridgehead atoms. The maximum atomic E-state index is 12.9. The Hall–Kier alpha value is -2.89. The molecule has 3 aromatic rings. The van der Waals surface area contributed by atoms with E-state index in [1.165, 1.54) is 19.4 Å². The van der Waals surface area contributed by atoms with Gasteiger partial charge in [-0.05, 0) is 12.1 Å². The van der Waals surface area contributed by atoms with E-state index in [4.69, 9.17) is 4.74 Å². The zero-order chi connectivity index (χ0) is 17.2. The van der Waals surface area contributed by atoms with E-state index in [1.807, 2.05) is 30.3 Å². The van der Waals surface area contributed by atoms with Crippen LogP contribution in [0.25, 0.3) is 22.6 Å². The SMILES string of the molecule is COc1cnc(-c2ccccc2)nc1-c1cccc(C(F)(F)F)c1. The average molecular weight is 330 g/mol. The maximum absolute atomic E-state index is 12.9. The van der Waals surface area contributed by atoms with Gasteiger partial charge in [0.15, 0.2) is 11.6 Å². The van der Waals surface area contributed by atoms with Crippen molar-refractivity contribution in [1.29, 1.82) is 0 Å². The highest BCUT2D eigenvalue weighted by Gasteiger charge is 2.30. The van der Waals surface area contributed by atoms with E-state index < -0.39 is 11.7 Å². The highest BCUT2D eigenvalue weighted by molar-refractivity contribution is 5.69. The summed E-state index contributed by atoms with van der Waals surface area (Å²) >= 11 is 0. The number of halogens is 3. The summed E-state index contributed by atoms with van der Waals surface area (Å²) in [7, 11) is 1.43. The van der Waals surface area contributed by atoms with Crippen LogP contribution in [-0.4, -0.2) is 17.1 Å². The van der Waals surface area contributed by atoms with Gasteiger partial charge in [-0.15, -0.1) is 0 Å². The molecule has 2 aromatic carbocycles. The van der Waals surface area contributed by atoms with E-state index in [0.717, 1.165) is 17.7 Å². The number of hydrogen-bond acceptors (Lipinski definition) is 3. The minimum Gasteiger partial charge on any atom is -0.493 e. The maximum Gasteiger partial charge on any atom is 0.416 e. The van der Waals surface area contributed by atoms with Crippen molar-refractivity contribution in [2.45, 2.75) is 6.18 Å². The molecule has 1 aromatic heterocycles. The molecular weight excluding hydrogens is 317 g/mol. The first-order chi connectivity index (χ1) is 11.5.